The van der Waals surface area contributed by atoms with Gasteiger partial charge in [-0.05, 0) is 64.5 Å². The van der Waals surface area contributed by atoms with Gasteiger partial charge < -0.3 is 19.9 Å². The first-order valence-corrected chi connectivity index (χ1v) is 15.4. The second-order valence-corrected chi connectivity index (χ2v) is 13.4. The molecule has 1 unspecified atom stereocenters. The average Bonchev–Trinajstić information content (AvgIpc) is 3.57. The molecule has 10 heteroatoms. The van der Waals surface area contributed by atoms with Crippen molar-refractivity contribution in [2.24, 2.45) is 5.92 Å². The molecule has 2 aromatic rings. The number of thiazole rings is 1. The highest BCUT2D eigenvalue weighted by Crippen LogP contribution is 2.33. The van der Waals surface area contributed by atoms with Crippen LogP contribution >= 0.6 is 23.1 Å². The molecule has 1 N–H and O–H groups in total. The van der Waals surface area contributed by atoms with Crippen LogP contribution in [0.5, 0.6) is 0 Å². The van der Waals surface area contributed by atoms with Crippen molar-refractivity contribution >= 4 is 50.4 Å². The van der Waals surface area contributed by atoms with Crippen LogP contribution in [0.15, 0.2) is 24.3 Å². The van der Waals surface area contributed by atoms with Crippen molar-refractivity contribution in [1.29, 1.82) is 0 Å². The highest BCUT2D eigenvalue weighted by molar-refractivity contribution is 7.99. The van der Waals surface area contributed by atoms with Gasteiger partial charge in [0, 0.05) is 44.5 Å². The highest BCUT2D eigenvalue weighted by atomic mass is 32.2. The van der Waals surface area contributed by atoms with Gasteiger partial charge in [0.05, 0.1) is 16.1 Å². The number of hydrogen-bond donors (Lipinski definition) is 1. The van der Waals surface area contributed by atoms with E-state index in [9.17, 15) is 9.59 Å². The van der Waals surface area contributed by atoms with E-state index in [-0.39, 0.29) is 11.8 Å². The molecular formula is C27H39N5O3S2. The maximum atomic E-state index is 13.4. The fourth-order valence-electron chi connectivity index (χ4n) is 5.67. The summed E-state index contributed by atoms with van der Waals surface area (Å²) in [5.74, 6) is 1.86. The molecule has 1 aromatic heterocycles. The molecule has 37 heavy (non-hydrogen) atoms. The van der Waals surface area contributed by atoms with E-state index >= 15 is 0 Å². The van der Waals surface area contributed by atoms with Crippen LogP contribution in [0, 0.1) is 5.92 Å². The Hall–Kier alpha value is -2.04. The predicted octanol–water partition coefficient (Wildman–Crippen LogP) is 4.40. The number of nitrogens with zero attached hydrogens (tertiary/aromatic N) is 4. The van der Waals surface area contributed by atoms with E-state index in [1.807, 2.05) is 31.7 Å². The Morgan fingerprint density at radius 2 is 1.78 bits per heavy atom. The molecule has 0 bridgehead atoms. The number of fused-ring (bicyclic) bond motifs is 1. The summed E-state index contributed by atoms with van der Waals surface area (Å²) < 4.78 is 6.76. The molecule has 8 nitrogen and oxygen atoms in total. The van der Waals surface area contributed by atoms with Crippen molar-refractivity contribution in [3.05, 3.63) is 24.3 Å². The molecule has 202 valence electrons. The molecule has 1 saturated carbocycles. The number of piperazine rings is 1. The highest BCUT2D eigenvalue weighted by Gasteiger charge is 2.38. The maximum absolute atomic E-state index is 13.4. The summed E-state index contributed by atoms with van der Waals surface area (Å²) in [5, 5.41) is 4.09. The number of thioether (sulfide) groups is 1. The van der Waals surface area contributed by atoms with E-state index < -0.39 is 17.7 Å². The largest absolute Gasteiger partial charge is 0.444 e. The van der Waals surface area contributed by atoms with Crippen molar-refractivity contribution in [2.45, 2.75) is 64.1 Å². The Labute approximate surface area is 228 Å². The Bertz CT molecular complexity index is 1050. The number of carbonyl (C=O) groups is 2. The Balaban J connectivity index is 1.16. The normalized spacial score (nSPS) is 24.3. The number of alkyl carbamates (subject to hydrolysis) is 1. The molecule has 1 aliphatic carbocycles. The summed E-state index contributed by atoms with van der Waals surface area (Å²) in [4.78, 5) is 37.8. The van der Waals surface area contributed by atoms with Gasteiger partial charge in [-0.25, -0.2) is 9.78 Å². The third-order valence-corrected chi connectivity index (χ3v) is 9.66. The number of carbonyl (C=O) groups excluding carboxylic acids is 2. The van der Waals surface area contributed by atoms with E-state index in [2.05, 4.69) is 33.3 Å². The number of anilines is 1. The van der Waals surface area contributed by atoms with Gasteiger partial charge in [-0.15, -0.1) is 11.8 Å². The van der Waals surface area contributed by atoms with Gasteiger partial charge in [-0.1, -0.05) is 23.5 Å². The van der Waals surface area contributed by atoms with Crippen LogP contribution < -0.4 is 10.2 Å². The zero-order valence-corrected chi connectivity index (χ0v) is 23.8. The number of hydrogen-bond acceptors (Lipinski definition) is 8. The molecule has 0 spiro atoms. The quantitative estimate of drug-likeness (QED) is 0.597. The van der Waals surface area contributed by atoms with Crippen LogP contribution in [0.3, 0.4) is 0 Å². The van der Waals surface area contributed by atoms with Crippen LogP contribution in [0.25, 0.3) is 10.2 Å². The molecule has 5 rings (SSSR count). The van der Waals surface area contributed by atoms with Crippen molar-refractivity contribution in [2.75, 3.05) is 49.3 Å². The lowest BCUT2D eigenvalue weighted by Gasteiger charge is -2.43. The van der Waals surface area contributed by atoms with Gasteiger partial charge >= 0.3 is 6.09 Å². The SMILES string of the molecule is CC(C)(C)OC(=O)NC(C(=O)N1CCSC1)C1CCC(N2CCN(c3nc4ccccc4s3)CC2)CC1. The van der Waals surface area contributed by atoms with Crippen LogP contribution in [0.2, 0.25) is 0 Å². The minimum Gasteiger partial charge on any atom is -0.444 e. The van der Waals surface area contributed by atoms with Gasteiger partial charge in [0.25, 0.3) is 0 Å². The van der Waals surface area contributed by atoms with Gasteiger partial charge in [0.1, 0.15) is 11.6 Å². The molecule has 1 aromatic carbocycles. The Morgan fingerprint density at radius 3 is 2.43 bits per heavy atom. The smallest absolute Gasteiger partial charge is 0.408 e. The van der Waals surface area contributed by atoms with Crippen molar-refractivity contribution < 1.29 is 14.3 Å². The van der Waals surface area contributed by atoms with Crippen LogP contribution in [0.1, 0.15) is 46.5 Å². The average molecular weight is 546 g/mol. The molecule has 1 atom stereocenters. The zero-order valence-electron chi connectivity index (χ0n) is 22.1. The second kappa shape index (κ2) is 11.4. The first-order chi connectivity index (χ1) is 17.8. The number of benzene rings is 1. The summed E-state index contributed by atoms with van der Waals surface area (Å²) >= 11 is 3.55. The van der Waals surface area contributed by atoms with E-state index in [0.717, 1.165) is 74.8 Å². The van der Waals surface area contributed by atoms with Crippen LogP contribution in [-0.4, -0.2) is 88.8 Å². The molecule has 3 aliphatic rings. The predicted molar refractivity (Wildman–Crippen MR) is 151 cm³/mol. The first-order valence-electron chi connectivity index (χ1n) is 13.5. The van der Waals surface area contributed by atoms with E-state index in [0.29, 0.717) is 11.9 Å². The number of rotatable bonds is 5. The lowest BCUT2D eigenvalue weighted by atomic mass is 9.80. The fourth-order valence-corrected chi connectivity index (χ4v) is 7.65. The first kappa shape index (κ1) is 26.6. The Kier molecular flexibility index (Phi) is 8.16. The molecular weight excluding hydrogens is 506 g/mol. The van der Waals surface area contributed by atoms with Crippen molar-refractivity contribution in [1.82, 2.24) is 20.1 Å². The maximum Gasteiger partial charge on any atom is 0.408 e. The summed E-state index contributed by atoms with van der Waals surface area (Å²) in [6, 6.07) is 8.37. The van der Waals surface area contributed by atoms with Crippen LogP contribution in [0.4, 0.5) is 9.93 Å². The van der Waals surface area contributed by atoms with Crippen molar-refractivity contribution in [3.63, 3.8) is 0 Å². The number of aromatic nitrogens is 1. The standard InChI is InChI=1S/C27H39N5O3S2/c1-27(2,3)35-26(34)29-23(24(33)32-16-17-36-18-32)19-8-10-20(11-9-19)30-12-14-31(15-13-30)25-28-21-6-4-5-7-22(21)37-25/h4-7,19-20,23H,8-18H2,1-3H3,(H,29,34). The Morgan fingerprint density at radius 1 is 1.05 bits per heavy atom. The summed E-state index contributed by atoms with van der Waals surface area (Å²) in [5.41, 5.74) is 0.492. The minimum absolute atomic E-state index is 0.0451. The monoisotopic (exact) mass is 545 g/mol. The molecule has 2 aliphatic heterocycles. The van der Waals surface area contributed by atoms with Gasteiger partial charge in [0.15, 0.2) is 5.13 Å². The molecule has 2 saturated heterocycles. The van der Waals surface area contributed by atoms with Gasteiger partial charge in [-0.2, -0.15) is 0 Å². The van der Waals surface area contributed by atoms with E-state index in [1.165, 1.54) is 4.70 Å². The number of para-hydroxylation sites is 1. The summed E-state index contributed by atoms with van der Waals surface area (Å²) in [7, 11) is 0. The molecule has 2 amide bonds. The van der Waals surface area contributed by atoms with E-state index in [1.54, 1.807) is 23.1 Å². The lowest BCUT2D eigenvalue weighted by Crippen LogP contribution is -2.55. The number of ether oxygens (including phenoxy) is 1. The number of nitrogens with one attached hydrogen (secondary N) is 1. The third-order valence-electron chi connectivity index (χ3n) is 7.60. The second-order valence-electron chi connectivity index (χ2n) is 11.3. The molecule has 3 heterocycles. The lowest BCUT2D eigenvalue weighted by molar-refractivity contribution is -0.133. The zero-order chi connectivity index (χ0) is 26.0. The molecule has 3 fully saturated rings. The number of amides is 2. The summed E-state index contributed by atoms with van der Waals surface area (Å²) in [6.07, 6.45) is 3.50. The van der Waals surface area contributed by atoms with Crippen molar-refractivity contribution in [3.8, 4) is 0 Å². The van der Waals surface area contributed by atoms with Crippen LogP contribution in [-0.2, 0) is 9.53 Å². The van der Waals surface area contributed by atoms with Gasteiger partial charge in [0.2, 0.25) is 5.91 Å². The molecule has 0 radical (unpaired) electrons. The van der Waals surface area contributed by atoms with E-state index in [4.69, 9.17) is 9.72 Å². The van der Waals surface area contributed by atoms with Gasteiger partial charge in [-0.3, -0.25) is 9.69 Å². The summed E-state index contributed by atoms with van der Waals surface area (Å²) in [6.45, 7) is 10.4. The fraction of sp³-hybridized carbons (Fsp3) is 0.667. The minimum atomic E-state index is -0.591. The topological polar surface area (TPSA) is 78.0 Å². The third kappa shape index (κ3) is 6.52.